The Balaban J connectivity index is 1.19. The summed E-state index contributed by atoms with van der Waals surface area (Å²) in [4.78, 5) is 19.2. The first kappa shape index (κ1) is 40.8. The van der Waals surface area contributed by atoms with Crippen LogP contribution in [0.4, 0.5) is 0 Å². The minimum atomic E-state index is -3.53. The molecular weight excluding hydrogens is 751 g/mol. The standard InChI is InChI=1S/C48H65NO8S/c1-32(2)40-28-37-29-47(45-53-25-26-54-45)39-21-20-33(3)38(39)30-46(37,48(40,47)44(50)57-43(34-15-8-5-9-16-34)35-17-10-6-11-18-35)42-27-36(19-14-24-55-58(4,51)52)41(56-42)31-49-22-12-7-13-23-49/h5-6,8-11,15-18,28,32-33,36-39,41-43,45H,7,12-14,19-27,29-31H2,1-4H3/t33-,36?,37?,38-,39-,41?,42?,46?,47?,48?/m1/s1. The fraction of sp³-hybridized carbons (Fsp3) is 0.688. The highest BCUT2D eigenvalue weighted by atomic mass is 32.2. The number of likely N-dealkylation sites (tertiary alicyclic amines) is 1. The molecule has 0 aromatic heterocycles. The lowest BCUT2D eigenvalue weighted by atomic mass is 9.40. The van der Waals surface area contributed by atoms with Gasteiger partial charge in [0.05, 0.1) is 38.3 Å². The monoisotopic (exact) mass is 815 g/mol. The highest BCUT2D eigenvalue weighted by molar-refractivity contribution is 7.85. The van der Waals surface area contributed by atoms with Crippen LogP contribution in [0.1, 0.15) is 102 Å². The molecule has 9 nitrogen and oxygen atoms in total. The van der Waals surface area contributed by atoms with Crippen molar-refractivity contribution < 1.29 is 36.3 Å². The number of hydrogen-bond acceptors (Lipinski definition) is 9. The van der Waals surface area contributed by atoms with Gasteiger partial charge in [-0.25, -0.2) is 0 Å². The van der Waals surface area contributed by atoms with E-state index >= 15 is 4.79 Å². The molecule has 0 amide bonds. The lowest BCUT2D eigenvalue weighted by Gasteiger charge is -2.63. The summed E-state index contributed by atoms with van der Waals surface area (Å²) in [5, 5.41) is 0. The van der Waals surface area contributed by atoms with Crippen molar-refractivity contribution in [2.24, 2.45) is 51.8 Å². The summed E-state index contributed by atoms with van der Waals surface area (Å²) in [6.07, 6.45) is 12.1. The Bertz CT molecular complexity index is 1870. The van der Waals surface area contributed by atoms with Crippen molar-refractivity contribution in [2.75, 3.05) is 45.7 Å². The fourth-order valence-corrected chi connectivity index (χ4v) is 14.5. The largest absolute Gasteiger partial charge is 0.452 e. The number of nitrogens with zero attached hydrogens (tertiary/aromatic N) is 1. The number of carbonyl (C=O) groups excluding carboxylic acids is 1. The van der Waals surface area contributed by atoms with Crippen LogP contribution in [0, 0.1) is 51.8 Å². The van der Waals surface area contributed by atoms with Crippen LogP contribution in [-0.2, 0) is 38.0 Å². The van der Waals surface area contributed by atoms with Gasteiger partial charge in [-0.2, -0.15) is 8.42 Å². The van der Waals surface area contributed by atoms with Crippen molar-refractivity contribution in [3.63, 3.8) is 0 Å². The molecule has 2 aromatic carbocycles. The van der Waals surface area contributed by atoms with E-state index in [-0.39, 0.29) is 48.5 Å². The summed E-state index contributed by atoms with van der Waals surface area (Å²) < 4.78 is 57.6. The molecule has 10 heteroatoms. The predicted octanol–water partition coefficient (Wildman–Crippen LogP) is 8.35. The zero-order valence-electron chi connectivity index (χ0n) is 35.1. The van der Waals surface area contributed by atoms with Gasteiger partial charge in [-0.1, -0.05) is 106 Å². The van der Waals surface area contributed by atoms with E-state index in [1.807, 2.05) is 36.4 Å². The van der Waals surface area contributed by atoms with E-state index in [1.54, 1.807) is 0 Å². The van der Waals surface area contributed by atoms with Gasteiger partial charge in [0.15, 0.2) is 12.4 Å². The first-order valence-electron chi connectivity index (χ1n) is 22.5. The van der Waals surface area contributed by atoms with Crippen LogP contribution in [-0.4, -0.2) is 83.5 Å². The molecule has 3 aliphatic heterocycles. The summed E-state index contributed by atoms with van der Waals surface area (Å²) in [5.74, 6) is 1.41. The molecule has 0 radical (unpaired) electrons. The third kappa shape index (κ3) is 6.57. The zero-order chi connectivity index (χ0) is 40.3. The summed E-state index contributed by atoms with van der Waals surface area (Å²) in [6, 6.07) is 20.4. The maximum atomic E-state index is 16.6. The maximum Gasteiger partial charge on any atom is 0.318 e. The molecule has 9 rings (SSSR count). The normalized spacial score (nSPS) is 37.5. The number of rotatable bonds is 14. The topological polar surface area (TPSA) is 101 Å². The zero-order valence-corrected chi connectivity index (χ0v) is 35.9. The van der Waals surface area contributed by atoms with Crippen LogP contribution in [0.15, 0.2) is 72.3 Å². The Labute approximate surface area is 346 Å². The van der Waals surface area contributed by atoms with E-state index in [4.69, 9.17) is 23.1 Å². The second-order valence-electron chi connectivity index (χ2n) is 19.3. The molecule has 0 N–H and O–H groups in total. The summed E-state index contributed by atoms with van der Waals surface area (Å²) in [7, 11) is -3.53. The van der Waals surface area contributed by atoms with E-state index in [1.165, 1.54) is 24.8 Å². The number of hydrogen-bond donors (Lipinski definition) is 0. The Morgan fingerprint density at radius 1 is 0.914 bits per heavy atom. The average molecular weight is 816 g/mol. The Morgan fingerprint density at radius 3 is 2.22 bits per heavy atom. The van der Waals surface area contributed by atoms with E-state index in [0.717, 1.165) is 75.5 Å². The van der Waals surface area contributed by atoms with E-state index in [0.29, 0.717) is 31.5 Å². The van der Waals surface area contributed by atoms with Crippen molar-refractivity contribution in [2.45, 2.75) is 110 Å². The molecule has 58 heavy (non-hydrogen) atoms. The average Bonchev–Trinajstić information content (AvgIpc) is 4.05. The molecule has 3 saturated heterocycles. The van der Waals surface area contributed by atoms with Gasteiger partial charge in [-0.05, 0) is 111 Å². The number of allylic oxidation sites excluding steroid dienone is 1. The van der Waals surface area contributed by atoms with Crippen LogP contribution in [0.5, 0.6) is 0 Å². The fourth-order valence-electron chi connectivity index (χ4n) is 14.1. The van der Waals surface area contributed by atoms with Crippen LogP contribution >= 0.6 is 0 Å². The lowest BCUT2D eigenvalue weighted by Crippen LogP contribution is -2.68. The molecule has 7 aliphatic rings. The maximum absolute atomic E-state index is 16.6. The van der Waals surface area contributed by atoms with Crippen LogP contribution in [0.25, 0.3) is 0 Å². The molecule has 316 valence electrons. The second kappa shape index (κ2) is 16.0. The van der Waals surface area contributed by atoms with Crippen LogP contribution < -0.4 is 0 Å². The van der Waals surface area contributed by atoms with Gasteiger partial charge in [0.1, 0.15) is 5.41 Å². The van der Waals surface area contributed by atoms with Crippen molar-refractivity contribution in [1.29, 1.82) is 0 Å². The number of fused-ring (bicyclic) bond motifs is 2. The molecular formula is C48H65NO8S. The third-order valence-electron chi connectivity index (χ3n) is 16.1. The first-order chi connectivity index (χ1) is 28.0. The van der Waals surface area contributed by atoms with Gasteiger partial charge in [0.25, 0.3) is 10.1 Å². The molecule has 6 fully saturated rings. The van der Waals surface area contributed by atoms with Crippen LogP contribution in [0.2, 0.25) is 0 Å². The van der Waals surface area contributed by atoms with Crippen molar-refractivity contribution >= 4 is 16.1 Å². The Hall–Kier alpha value is -2.60. The molecule has 10 atom stereocenters. The molecule has 4 bridgehead atoms. The second-order valence-corrected chi connectivity index (χ2v) is 21.0. The number of esters is 1. The molecule has 3 saturated carbocycles. The van der Waals surface area contributed by atoms with Crippen molar-refractivity contribution in [3.05, 3.63) is 83.4 Å². The quantitative estimate of drug-likeness (QED) is 0.0807. The highest BCUT2D eigenvalue weighted by Gasteiger charge is 2.88. The highest BCUT2D eigenvalue weighted by Crippen LogP contribution is 2.86. The van der Waals surface area contributed by atoms with E-state index in [2.05, 4.69) is 56.0 Å². The van der Waals surface area contributed by atoms with Gasteiger partial charge in [0.2, 0.25) is 0 Å². The molecule has 7 unspecified atom stereocenters. The predicted molar refractivity (Wildman–Crippen MR) is 222 cm³/mol. The first-order valence-corrected chi connectivity index (χ1v) is 24.3. The number of carbonyl (C=O) groups is 1. The lowest BCUT2D eigenvalue weighted by molar-refractivity contribution is -0.256. The van der Waals surface area contributed by atoms with Gasteiger partial charge in [-0.3, -0.25) is 8.98 Å². The molecule has 3 heterocycles. The third-order valence-corrected chi connectivity index (χ3v) is 16.7. The van der Waals surface area contributed by atoms with E-state index in [9.17, 15) is 8.42 Å². The summed E-state index contributed by atoms with van der Waals surface area (Å²) in [5.41, 5.74) is 0.880. The van der Waals surface area contributed by atoms with Crippen molar-refractivity contribution in [1.82, 2.24) is 4.90 Å². The minimum Gasteiger partial charge on any atom is -0.452 e. The molecule has 2 aromatic rings. The molecule has 4 aliphatic carbocycles. The van der Waals surface area contributed by atoms with Gasteiger partial charge in [0, 0.05) is 17.4 Å². The van der Waals surface area contributed by atoms with Gasteiger partial charge in [-0.15, -0.1) is 0 Å². The number of benzene rings is 2. The summed E-state index contributed by atoms with van der Waals surface area (Å²) in [6.45, 7) is 11.1. The summed E-state index contributed by atoms with van der Waals surface area (Å²) >= 11 is 0. The SMILES string of the molecule is CC(C)C1=CC2CC3(C4OCCO4)[C@@H]4CC[C@@H](C)[C@H]4CC2(C2CC(CCCOS(C)(=O)=O)C(CN4CCCCC4)O2)C13C(=O)OC(c1ccccc1)c1ccccc1. The molecule has 0 spiro atoms. The number of piperidine rings is 1. The number of ether oxygens (including phenoxy) is 4. The van der Waals surface area contributed by atoms with Crippen molar-refractivity contribution in [3.8, 4) is 0 Å². The van der Waals surface area contributed by atoms with Gasteiger partial charge < -0.3 is 23.8 Å². The van der Waals surface area contributed by atoms with E-state index < -0.39 is 38.8 Å². The smallest absolute Gasteiger partial charge is 0.318 e. The Morgan fingerprint density at radius 2 is 1.59 bits per heavy atom. The minimum absolute atomic E-state index is 0.0280. The Kier molecular flexibility index (Phi) is 11.3. The van der Waals surface area contributed by atoms with Gasteiger partial charge >= 0.3 is 5.97 Å². The van der Waals surface area contributed by atoms with Crippen LogP contribution in [0.3, 0.4) is 0 Å².